The van der Waals surface area contributed by atoms with Crippen molar-refractivity contribution >= 4 is 35.0 Å². The number of rotatable bonds is 6. The minimum Gasteiger partial charge on any atom is -0.450 e. The van der Waals surface area contributed by atoms with Crippen LogP contribution in [0.15, 0.2) is 48.5 Å². The van der Waals surface area contributed by atoms with E-state index in [0.29, 0.717) is 22.6 Å². The molecule has 7 nitrogen and oxygen atoms in total. The normalized spacial score (nSPS) is 12.8. The minimum absolute atomic E-state index is 0.0104. The fourth-order valence-corrected chi connectivity index (χ4v) is 2.49. The first-order chi connectivity index (χ1) is 13.0. The van der Waals surface area contributed by atoms with Crippen molar-refractivity contribution in [1.29, 1.82) is 0 Å². The van der Waals surface area contributed by atoms with Gasteiger partial charge in [-0.05, 0) is 56.2 Å². The first kappa shape index (κ1) is 18.4. The molecule has 1 aliphatic rings. The van der Waals surface area contributed by atoms with Gasteiger partial charge >= 0.3 is 6.09 Å². The van der Waals surface area contributed by atoms with Crippen LogP contribution in [0.2, 0.25) is 0 Å². The lowest BCUT2D eigenvalue weighted by molar-refractivity contribution is -0.117. The first-order valence-electron chi connectivity index (χ1n) is 8.81. The fraction of sp³-hybridized carbons (Fsp3) is 0.250. The van der Waals surface area contributed by atoms with Crippen molar-refractivity contribution in [3.8, 4) is 0 Å². The molecule has 1 fully saturated rings. The van der Waals surface area contributed by atoms with Crippen LogP contribution < -0.4 is 16.0 Å². The highest BCUT2D eigenvalue weighted by Gasteiger charge is 2.29. The lowest BCUT2D eigenvalue weighted by Gasteiger charge is -2.10. The zero-order chi connectivity index (χ0) is 19.2. The number of hydrogen-bond donors (Lipinski definition) is 3. The number of carbonyl (C=O) groups excluding carboxylic acids is 3. The molecule has 3 rings (SSSR count). The number of nitrogens with one attached hydrogen (secondary N) is 3. The van der Waals surface area contributed by atoms with E-state index in [0.717, 1.165) is 12.8 Å². The molecule has 1 saturated carbocycles. The zero-order valence-electron chi connectivity index (χ0n) is 15.0. The molecule has 0 bridgehead atoms. The van der Waals surface area contributed by atoms with Crippen molar-refractivity contribution in [1.82, 2.24) is 0 Å². The Morgan fingerprint density at radius 3 is 2.22 bits per heavy atom. The van der Waals surface area contributed by atoms with Gasteiger partial charge in [-0.2, -0.15) is 0 Å². The first-order valence-corrected chi connectivity index (χ1v) is 8.81. The van der Waals surface area contributed by atoms with E-state index < -0.39 is 6.09 Å². The van der Waals surface area contributed by atoms with Gasteiger partial charge in [-0.25, -0.2) is 4.79 Å². The van der Waals surface area contributed by atoms with Gasteiger partial charge in [-0.3, -0.25) is 14.9 Å². The van der Waals surface area contributed by atoms with Crippen LogP contribution in [-0.2, 0) is 9.53 Å². The number of anilines is 3. The molecule has 0 unspecified atom stereocenters. The van der Waals surface area contributed by atoms with Gasteiger partial charge in [0.2, 0.25) is 5.91 Å². The Morgan fingerprint density at radius 1 is 0.926 bits per heavy atom. The monoisotopic (exact) mass is 367 g/mol. The summed E-state index contributed by atoms with van der Waals surface area (Å²) in [4.78, 5) is 35.8. The Balaban J connectivity index is 1.64. The van der Waals surface area contributed by atoms with E-state index in [-0.39, 0.29) is 24.3 Å². The molecule has 2 aromatic carbocycles. The van der Waals surface area contributed by atoms with Gasteiger partial charge in [0.15, 0.2) is 0 Å². The van der Waals surface area contributed by atoms with Crippen molar-refractivity contribution in [2.45, 2.75) is 19.8 Å². The summed E-state index contributed by atoms with van der Waals surface area (Å²) >= 11 is 0. The quantitative estimate of drug-likeness (QED) is 0.722. The molecular weight excluding hydrogens is 346 g/mol. The van der Waals surface area contributed by atoms with Crippen LogP contribution >= 0.6 is 0 Å². The number of hydrogen-bond acceptors (Lipinski definition) is 4. The van der Waals surface area contributed by atoms with E-state index in [9.17, 15) is 14.4 Å². The molecule has 3 amide bonds. The van der Waals surface area contributed by atoms with E-state index in [1.165, 1.54) is 0 Å². The molecule has 2 aromatic rings. The van der Waals surface area contributed by atoms with Gasteiger partial charge in [-0.1, -0.05) is 12.1 Å². The highest BCUT2D eigenvalue weighted by molar-refractivity contribution is 6.05. The Kier molecular flexibility index (Phi) is 5.71. The van der Waals surface area contributed by atoms with Crippen LogP contribution in [0.1, 0.15) is 30.1 Å². The summed E-state index contributed by atoms with van der Waals surface area (Å²) in [5, 5.41) is 8.20. The molecule has 1 aliphatic carbocycles. The average molecular weight is 367 g/mol. The van der Waals surface area contributed by atoms with Crippen LogP contribution in [0.4, 0.5) is 21.9 Å². The average Bonchev–Trinajstić information content (AvgIpc) is 3.47. The predicted octanol–water partition coefficient (Wildman–Crippen LogP) is 3.86. The third-order valence-electron chi connectivity index (χ3n) is 3.98. The summed E-state index contributed by atoms with van der Waals surface area (Å²) in [7, 11) is 0. The molecule has 0 saturated heterocycles. The highest BCUT2D eigenvalue weighted by atomic mass is 16.5. The summed E-state index contributed by atoms with van der Waals surface area (Å²) in [5.41, 5.74) is 2.06. The third-order valence-corrected chi connectivity index (χ3v) is 3.98. The Bertz CT molecular complexity index is 862. The maximum atomic E-state index is 12.5. The molecule has 0 heterocycles. The van der Waals surface area contributed by atoms with Crippen molar-refractivity contribution in [3.63, 3.8) is 0 Å². The second-order valence-corrected chi connectivity index (χ2v) is 6.22. The van der Waals surface area contributed by atoms with E-state index >= 15 is 0 Å². The van der Waals surface area contributed by atoms with Crippen LogP contribution in [0.5, 0.6) is 0 Å². The van der Waals surface area contributed by atoms with Crippen LogP contribution in [0.25, 0.3) is 0 Å². The summed E-state index contributed by atoms with van der Waals surface area (Å²) in [5.74, 6) is -0.206. The van der Waals surface area contributed by atoms with Gasteiger partial charge in [-0.15, -0.1) is 0 Å². The van der Waals surface area contributed by atoms with E-state index in [1.807, 2.05) is 0 Å². The molecule has 0 spiro atoms. The second kappa shape index (κ2) is 8.35. The van der Waals surface area contributed by atoms with Gasteiger partial charge < -0.3 is 15.4 Å². The smallest absolute Gasteiger partial charge is 0.411 e. The van der Waals surface area contributed by atoms with Crippen molar-refractivity contribution in [3.05, 3.63) is 54.1 Å². The predicted molar refractivity (Wildman–Crippen MR) is 103 cm³/mol. The standard InChI is InChI=1S/C20H21N3O4/c1-2-27-20(26)23-15-6-3-5-14(11-15)19(25)22-17-8-4-7-16(12-17)21-18(24)13-9-10-13/h3-8,11-13H,2,9-10H2,1H3,(H,21,24)(H,22,25)(H,23,26). The zero-order valence-corrected chi connectivity index (χ0v) is 15.0. The van der Waals surface area contributed by atoms with Gasteiger partial charge in [0.25, 0.3) is 5.91 Å². The number of amides is 3. The maximum Gasteiger partial charge on any atom is 0.411 e. The van der Waals surface area contributed by atoms with Crippen LogP contribution in [0.3, 0.4) is 0 Å². The lowest BCUT2D eigenvalue weighted by Crippen LogP contribution is -2.16. The van der Waals surface area contributed by atoms with Crippen molar-refractivity contribution < 1.29 is 19.1 Å². The SMILES string of the molecule is CCOC(=O)Nc1cccc(C(=O)Nc2cccc(NC(=O)C3CC3)c2)c1. The summed E-state index contributed by atoms with van der Waals surface area (Å²) in [6, 6.07) is 13.5. The third kappa shape index (κ3) is 5.31. The largest absolute Gasteiger partial charge is 0.450 e. The molecule has 7 heteroatoms. The Morgan fingerprint density at radius 2 is 1.56 bits per heavy atom. The molecule has 3 N–H and O–H groups in total. The molecule has 0 atom stereocenters. The lowest BCUT2D eigenvalue weighted by atomic mass is 10.1. The van der Waals surface area contributed by atoms with Crippen molar-refractivity contribution in [2.75, 3.05) is 22.6 Å². The van der Waals surface area contributed by atoms with E-state index in [4.69, 9.17) is 4.74 Å². The molecule has 0 radical (unpaired) electrons. The Hall–Kier alpha value is -3.35. The number of carbonyl (C=O) groups is 3. The van der Waals surface area contributed by atoms with Crippen molar-refractivity contribution in [2.24, 2.45) is 5.92 Å². The van der Waals surface area contributed by atoms with Gasteiger partial charge in [0.1, 0.15) is 0 Å². The minimum atomic E-state index is -0.575. The molecular formula is C20H21N3O4. The highest BCUT2D eigenvalue weighted by Crippen LogP contribution is 2.30. The second-order valence-electron chi connectivity index (χ2n) is 6.22. The van der Waals surface area contributed by atoms with Crippen LogP contribution in [-0.4, -0.2) is 24.5 Å². The maximum absolute atomic E-state index is 12.5. The summed E-state index contributed by atoms with van der Waals surface area (Å²) < 4.78 is 4.82. The Labute approximate surface area is 157 Å². The fourth-order valence-electron chi connectivity index (χ4n) is 2.49. The number of benzene rings is 2. The topological polar surface area (TPSA) is 96.5 Å². The molecule has 0 aromatic heterocycles. The molecule has 140 valence electrons. The van der Waals surface area contributed by atoms with E-state index in [1.54, 1.807) is 55.5 Å². The van der Waals surface area contributed by atoms with E-state index in [2.05, 4.69) is 16.0 Å². The molecule has 27 heavy (non-hydrogen) atoms. The number of ether oxygens (including phenoxy) is 1. The molecule has 0 aliphatic heterocycles. The van der Waals surface area contributed by atoms with Gasteiger partial charge in [0, 0.05) is 28.5 Å². The van der Waals surface area contributed by atoms with Crippen LogP contribution in [0, 0.1) is 5.92 Å². The summed E-state index contributed by atoms with van der Waals surface area (Å²) in [6.07, 6.45) is 1.28. The summed E-state index contributed by atoms with van der Waals surface area (Å²) in [6.45, 7) is 1.98. The van der Waals surface area contributed by atoms with Gasteiger partial charge in [0.05, 0.1) is 6.61 Å².